The first-order valence-electron chi connectivity index (χ1n) is 11.6. The number of carbonyl (C=O) groups excluding carboxylic acids is 2. The van der Waals surface area contributed by atoms with E-state index in [1.165, 1.54) is 11.1 Å². The number of carboxylic acid groups (broad SMARTS) is 1. The molecule has 0 unspecified atom stereocenters. The molecular weight excluding hydrogens is 420 g/mol. The highest BCUT2D eigenvalue weighted by atomic mass is 16.5. The number of fused-ring (bicyclic) bond motifs is 3. The summed E-state index contributed by atoms with van der Waals surface area (Å²) in [5.41, 5.74) is 4.69. The molecule has 2 aliphatic rings. The van der Waals surface area contributed by atoms with Crippen LogP contribution in [0.2, 0.25) is 0 Å². The zero-order valence-electron chi connectivity index (χ0n) is 18.8. The van der Waals surface area contributed by atoms with Crippen LogP contribution in [0.4, 0.5) is 4.79 Å². The molecule has 3 atom stereocenters. The van der Waals surface area contributed by atoms with Crippen molar-refractivity contribution in [3.63, 3.8) is 0 Å². The van der Waals surface area contributed by atoms with Crippen molar-refractivity contribution in [1.29, 1.82) is 0 Å². The largest absolute Gasteiger partial charge is 0.481 e. The van der Waals surface area contributed by atoms with Crippen LogP contribution in [0.25, 0.3) is 11.1 Å². The standard InChI is InChI=1S/C26H30N2O5/c1-2-17(14-24(29)30)27-25(31)16-11-12-18(13-16)28-26(32)33-15-23-21-9-5-3-7-19(21)20-8-4-6-10-22(20)23/h3-10,16-18,23H,2,11-15H2,1H3,(H,27,31)(H,28,32)(H,29,30)/t16-,17-,18+/m1/s1. The van der Waals surface area contributed by atoms with E-state index in [2.05, 4.69) is 34.9 Å². The van der Waals surface area contributed by atoms with Gasteiger partial charge in [0, 0.05) is 23.9 Å². The summed E-state index contributed by atoms with van der Waals surface area (Å²) in [4.78, 5) is 35.9. The third-order valence-electron chi connectivity index (χ3n) is 6.73. The summed E-state index contributed by atoms with van der Waals surface area (Å²) in [5.74, 6) is -1.29. The molecular formula is C26H30N2O5. The molecule has 33 heavy (non-hydrogen) atoms. The molecule has 0 spiro atoms. The van der Waals surface area contributed by atoms with Crippen LogP contribution in [0.1, 0.15) is 56.1 Å². The number of carbonyl (C=O) groups is 3. The second kappa shape index (κ2) is 10.1. The highest BCUT2D eigenvalue weighted by Gasteiger charge is 2.33. The van der Waals surface area contributed by atoms with E-state index in [0.29, 0.717) is 25.7 Å². The number of hydrogen-bond donors (Lipinski definition) is 3. The average Bonchev–Trinajstić information content (AvgIpc) is 3.39. The van der Waals surface area contributed by atoms with Gasteiger partial charge in [-0.3, -0.25) is 9.59 Å². The molecule has 2 aliphatic carbocycles. The van der Waals surface area contributed by atoms with Crippen molar-refractivity contribution in [1.82, 2.24) is 10.6 Å². The average molecular weight is 451 g/mol. The Hall–Kier alpha value is -3.35. The summed E-state index contributed by atoms with van der Waals surface area (Å²) in [6, 6.07) is 15.9. The molecule has 2 amide bonds. The van der Waals surface area contributed by atoms with E-state index in [-0.39, 0.29) is 42.9 Å². The topological polar surface area (TPSA) is 105 Å². The molecule has 3 N–H and O–H groups in total. The van der Waals surface area contributed by atoms with Gasteiger partial charge in [0.05, 0.1) is 6.42 Å². The molecule has 7 heteroatoms. The third-order valence-corrected chi connectivity index (χ3v) is 6.73. The monoisotopic (exact) mass is 450 g/mol. The van der Waals surface area contributed by atoms with Gasteiger partial charge in [0.15, 0.2) is 0 Å². The minimum Gasteiger partial charge on any atom is -0.481 e. The fourth-order valence-electron chi connectivity index (χ4n) is 4.98. The van der Waals surface area contributed by atoms with E-state index in [9.17, 15) is 14.4 Å². The number of carboxylic acids is 1. The van der Waals surface area contributed by atoms with E-state index < -0.39 is 12.1 Å². The number of hydrogen-bond acceptors (Lipinski definition) is 4. The number of alkyl carbamates (subject to hydrolysis) is 1. The van der Waals surface area contributed by atoms with Crippen molar-refractivity contribution in [3.8, 4) is 11.1 Å². The Morgan fingerprint density at radius 1 is 1.03 bits per heavy atom. The molecule has 0 heterocycles. The zero-order valence-corrected chi connectivity index (χ0v) is 18.8. The first-order chi connectivity index (χ1) is 16.0. The minimum atomic E-state index is -0.927. The third kappa shape index (κ3) is 5.18. The highest BCUT2D eigenvalue weighted by molar-refractivity contribution is 5.81. The van der Waals surface area contributed by atoms with Crippen molar-refractivity contribution >= 4 is 18.0 Å². The van der Waals surface area contributed by atoms with Gasteiger partial charge in [-0.05, 0) is 47.9 Å². The summed E-state index contributed by atoms with van der Waals surface area (Å²) < 4.78 is 5.61. The van der Waals surface area contributed by atoms with Gasteiger partial charge in [0.1, 0.15) is 6.61 Å². The van der Waals surface area contributed by atoms with Gasteiger partial charge >= 0.3 is 12.1 Å². The second-order valence-corrected chi connectivity index (χ2v) is 8.89. The predicted octanol–water partition coefficient (Wildman–Crippen LogP) is 4.06. The molecule has 0 radical (unpaired) electrons. The summed E-state index contributed by atoms with van der Waals surface area (Å²) >= 11 is 0. The maximum absolute atomic E-state index is 12.5. The van der Waals surface area contributed by atoms with Gasteiger partial charge in [-0.1, -0.05) is 55.5 Å². The molecule has 1 fully saturated rings. The number of nitrogens with one attached hydrogen (secondary N) is 2. The van der Waals surface area contributed by atoms with Crippen LogP contribution in [-0.2, 0) is 14.3 Å². The molecule has 2 aromatic carbocycles. The lowest BCUT2D eigenvalue weighted by molar-refractivity contribution is -0.137. The van der Waals surface area contributed by atoms with E-state index >= 15 is 0 Å². The Bertz CT molecular complexity index is 991. The molecule has 4 rings (SSSR count). The van der Waals surface area contributed by atoms with Crippen molar-refractivity contribution < 1.29 is 24.2 Å². The number of amides is 2. The minimum absolute atomic E-state index is 0.00506. The quantitative estimate of drug-likeness (QED) is 0.563. The fourth-order valence-corrected chi connectivity index (χ4v) is 4.98. The molecule has 174 valence electrons. The molecule has 0 bridgehead atoms. The van der Waals surface area contributed by atoms with Crippen molar-refractivity contribution in [2.45, 2.75) is 57.0 Å². The van der Waals surface area contributed by atoms with Crippen LogP contribution < -0.4 is 10.6 Å². The number of aliphatic carboxylic acids is 1. The lowest BCUT2D eigenvalue weighted by atomic mass is 9.98. The first kappa shape index (κ1) is 22.8. The highest BCUT2D eigenvalue weighted by Crippen LogP contribution is 2.44. The number of ether oxygens (including phenoxy) is 1. The molecule has 0 aliphatic heterocycles. The predicted molar refractivity (Wildman–Crippen MR) is 124 cm³/mol. The Balaban J connectivity index is 1.28. The number of benzene rings is 2. The fraction of sp³-hybridized carbons (Fsp3) is 0.423. The van der Waals surface area contributed by atoms with Crippen LogP contribution >= 0.6 is 0 Å². The van der Waals surface area contributed by atoms with Gasteiger partial charge in [0.25, 0.3) is 0 Å². The van der Waals surface area contributed by atoms with Gasteiger partial charge in [-0.2, -0.15) is 0 Å². The Labute approximate surface area is 193 Å². The van der Waals surface area contributed by atoms with Gasteiger partial charge in [-0.15, -0.1) is 0 Å². The van der Waals surface area contributed by atoms with Crippen molar-refractivity contribution in [2.24, 2.45) is 5.92 Å². The summed E-state index contributed by atoms with van der Waals surface area (Å²) in [7, 11) is 0. The van der Waals surface area contributed by atoms with E-state index in [4.69, 9.17) is 9.84 Å². The second-order valence-electron chi connectivity index (χ2n) is 8.89. The summed E-state index contributed by atoms with van der Waals surface area (Å²) in [6.07, 6.45) is 1.88. The Morgan fingerprint density at radius 2 is 1.67 bits per heavy atom. The summed E-state index contributed by atoms with van der Waals surface area (Å²) in [6.45, 7) is 2.11. The maximum Gasteiger partial charge on any atom is 0.407 e. The van der Waals surface area contributed by atoms with Gasteiger partial charge in [0.2, 0.25) is 5.91 Å². The van der Waals surface area contributed by atoms with Gasteiger partial charge < -0.3 is 20.5 Å². The lowest BCUT2D eigenvalue weighted by Gasteiger charge is -2.19. The van der Waals surface area contributed by atoms with Crippen LogP contribution in [0, 0.1) is 5.92 Å². The van der Waals surface area contributed by atoms with E-state index in [1.807, 2.05) is 31.2 Å². The normalized spacial score (nSPS) is 19.9. The SMILES string of the molecule is CC[C@H](CC(=O)O)NC(=O)[C@@H]1CC[C@H](NC(=O)OCC2c3ccccc3-c3ccccc32)C1. The molecule has 1 saturated carbocycles. The van der Waals surface area contributed by atoms with Crippen molar-refractivity contribution in [2.75, 3.05) is 6.61 Å². The summed E-state index contributed by atoms with van der Waals surface area (Å²) in [5, 5.41) is 14.7. The van der Waals surface area contributed by atoms with Gasteiger partial charge in [-0.25, -0.2) is 4.79 Å². The zero-order chi connectivity index (χ0) is 23.4. The maximum atomic E-state index is 12.5. The smallest absolute Gasteiger partial charge is 0.407 e. The van der Waals surface area contributed by atoms with Crippen LogP contribution in [0.15, 0.2) is 48.5 Å². The molecule has 0 aromatic heterocycles. The Kier molecular flexibility index (Phi) is 6.96. The first-order valence-corrected chi connectivity index (χ1v) is 11.6. The van der Waals surface area contributed by atoms with E-state index in [0.717, 1.165) is 11.1 Å². The van der Waals surface area contributed by atoms with Crippen LogP contribution in [-0.4, -0.2) is 41.8 Å². The molecule has 0 saturated heterocycles. The van der Waals surface area contributed by atoms with Crippen molar-refractivity contribution in [3.05, 3.63) is 59.7 Å². The number of rotatable bonds is 8. The Morgan fingerprint density at radius 3 is 2.27 bits per heavy atom. The van der Waals surface area contributed by atoms with Crippen LogP contribution in [0.3, 0.4) is 0 Å². The molecule has 2 aromatic rings. The molecule has 7 nitrogen and oxygen atoms in total. The lowest BCUT2D eigenvalue weighted by Crippen LogP contribution is -2.40. The van der Waals surface area contributed by atoms with E-state index in [1.54, 1.807) is 0 Å². The van der Waals surface area contributed by atoms with Crippen LogP contribution in [0.5, 0.6) is 0 Å².